The molecule has 0 spiro atoms. The van der Waals surface area contributed by atoms with Gasteiger partial charge in [-0.05, 0) is 42.8 Å². The zero-order valence-corrected chi connectivity index (χ0v) is 11.9. The lowest BCUT2D eigenvalue weighted by Gasteiger charge is -2.07. The standard InChI is InChI=1S/C16H16FN3O/c1-10-7-11(3-5-14(10)21-2)16-13(8-18)20-9-12(17)4-6-15(20)19-16/h3-7,9H,8,18H2,1-2H3. The Morgan fingerprint density at radius 2 is 2.10 bits per heavy atom. The molecule has 3 aromatic rings. The maximum absolute atomic E-state index is 13.4. The molecule has 108 valence electrons. The highest BCUT2D eigenvalue weighted by molar-refractivity contribution is 5.68. The minimum atomic E-state index is -0.313. The predicted molar refractivity (Wildman–Crippen MR) is 79.8 cm³/mol. The molecule has 0 atom stereocenters. The van der Waals surface area contributed by atoms with E-state index in [9.17, 15) is 4.39 Å². The van der Waals surface area contributed by atoms with E-state index in [-0.39, 0.29) is 12.4 Å². The fraction of sp³-hybridized carbons (Fsp3) is 0.188. The Labute approximate surface area is 122 Å². The lowest BCUT2D eigenvalue weighted by Crippen LogP contribution is -2.03. The summed E-state index contributed by atoms with van der Waals surface area (Å²) in [6, 6.07) is 8.87. The normalized spacial score (nSPS) is 11.0. The van der Waals surface area contributed by atoms with E-state index >= 15 is 0 Å². The third-order valence-electron chi connectivity index (χ3n) is 3.54. The molecule has 0 saturated heterocycles. The van der Waals surface area contributed by atoms with Crippen LogP contribution >= 0.6 is 0 Å². The molecule has 0 fully saturated rings. The number of aromatic nitrogens is 2. The SMILES string of the molecule is COc1ccc(-c2nc3ccc(F)cn3c2CN)cc1C. The molecule has 2 aromatic heterocycles. The molecule has 5 heteroatoms. The average Bonchev–Trinajstić information content (AvgIpc) is 2.84. The summed E-state index contributed by atoms with van der Waals surface area (Å²) in [5.74, 6) is 0.509. The van der Waals surface area contributed by atoms with Gasteiger partial charge in [0.1, 0.15) is 17.2 Å². The van der Waals surface area contributed by atoms with Crippen LogP contribution in [0.2, 0.25) is 0 Å². The molecular formula is C16H16FN3O. The van der Waals surface area contributed by atoms with E-state index in [1.165, 1.54) is 12.3 Å². The number of nitrogens with zero attached hydrogens (tertiary/aromatic N) is 2. The highest BCUT2D eigenvalue weighted by Crippen LogP contribution is 2.28. The Morgan fingerprint density at radius 1 is 1.29 bits per heavy atom. The van der Waals surface area contributed by atoms with Crippen molar-refractivity contribution in [2.75, 3.05) is 7.11 Å². The van der Waals surface area contributed by atoms with Gasteiger partial charge in [0.05, 0.1) is 18.5 Å². The fourth-order valence-corrected chi connectivity index (χ4v) is 2.52. The second-order valence-corrected chi connectivity index (χ2v) is 4.87. The van der Waals surface area contributed by atoms with Crippen molar-refractivity contribution in [3.63, 3.8) is 0 Å². The smallest absolute Gasteiger partial charge is 0.139 e. The first-order valence-electron chi connectivity index (χ1n) is 6.65. The first-order valence-corrected chi connectivity index (χ1v) is 6.65. The van der Waals surface area contributed by atoms with Gasteiger partial charge < -0.3 is 10.5 Å². The van der Waals surface area contributed by atoms with Crippen molar-refractivity contribution in [1.82, 2.24) is 9.38 Å². The van der Waals surface area contributed by atoms with E-state index in [0.29, 0.717) is 5.65 Å². The van der Waals surface area contributed by atoms with E-state index in [1.54, 1.807) is 17.6 Å². The Morgan fingerprint density at radius 3 is 2.76 bits per heavy atom. The molecule has 21 heavy (non-hydrogen) atoms. The first kappa shape index (κ1) is 13.6. The zero-order chi connectivity index (χ0) is 15.0. The lowest BCUT2D eigenvalue weighted by molar-refractivity contribution is 0.412. The molecular weight excluding hydrogens is 269 g/mol. The third-order valence-corrected chi connectivity index (χ3v) is 3.54. The molecule has 0 aliphatic heterocycles. The quantitative estimate of drug-likeness (QED) is 0.805. The summed E-state index contributed by atoms with van der Waals surface area (Å²) < 4.78 is 20.4. The van der Waals surface area contributed by atoms with Crippen LogP contribution in [0.3, 0.4) is 0 Å². The van der Waals surface area contributed by atoms with Gasteiger partial charge in [-0.3, -0.25) is 4.40 Å². The van der Waals surface area contributed by atoms with Crippen molar-refractivity contribution in [1.29, 1.82) is 0 Å². The molecule has 0 radical (unpaired) electrons. The van der Waals surface area contributed by atoms with Crippen LogP contribution in [0.4, 0.5) is 4.39 Å². The molecule has 0 saturated carbocycles. The van der Waals surface area contributed by atoms with Crippen LogP contribution < -0.4 is 10.5 Å². The Balaban J connectivity index is 2.22. The lowest BCUT2D eigenvalue weighted by atomic mass is 10.1. The van der Waals surface area contributed by atoms with Gasteiger partial charge in [0.2, 0.25) is 0 Å². The number of methoxy groups -OCH3 is 1. The number of rotatable bonds is 3. The number of pyridine rings is 1. The third kappa shape index (κ3) is 2.25. The van der Waals surface area contributed by atoms with Crippen LogP contribution in [0.25, 0.3) is 16.9 Å². The summed E-state index contributed by atoms with van der Waals surface area (Å²) in [4.78, 5) is 4.57. The van der Waals surface area contributed by atoms with Crippen molar-refractivity contribution < 1.29 is 9.13 Å². The number of imidazole rings is 1. The van der Waals surface area contributed by atoms with E-state index in [0.717, 1.165) is 28.3 Å². The van der Waals surface area contributed by atoms with E-state index in [2.05, 4.69) is 4.98 Å². The molecule has 0 aliphatic carbocycles. The molecule has 1 aromatic carbocycles. The van der Waals surface area contributed by atoms with Crippen LogP contribution in [0, 0.1) is 12.7 Å². The predicted octanol–water partition coefficient (Wildman–Crippen LogP) is 2.92. The summed E-state index contributed by atoms with van der Waals surface area (Å²) in [5, 5.41) is 0. The van der Waals surface area contributed by atoms with Crippen molar-refractivity contribution in [3.05, 3.63) is 53.6 Å². The van der Waals surface area contributed by atoms with Crippen LogP contribution in [0.15, 0.2) is 36.5 Å². The summed E-state index contributed by atoms with van der Waals surface area (Å²) in [6.45, 7) is 2.25. The van der Waals surface area contributed by atoms with Crippen LogP contribution in [0.5, 0.6) is 5.75 Å². The fourth-order valence-electron chi connectivity index (χ4n) is 2.52. The van der Waals surface area contributed by atoms with Gasteiger partial charge in [0.25, 0.3) is 0 Å². The number of hydrogen-bond donors (Lipinski definition) is 1. The van der Waals surface area contributed by atoms with Crippen LogP contribution in [0.1, 0.15) is 11.3 Å². The number of ether oxygens (including phenoxy) is 1. The Kier molecular flexibility index (Phi) is 3.35. The number of hydrogen-bond acceptors (Lipinski definition) is 3. The summed E-state index contributed by atoms with van der Waals surface area (Å²) in [5.41, 5.74) is 10.0. The second-order valence-electron chi connectivity index (χ2n) is 4.87. The minimum absolute atomic E-state index is 0.283. The highest BCUT2D eigenvalue weighted by Gasteiger charge is 2.14. The molecule has 0 bridgehead atoms. The molecule has 2 N–H and O–H groups in total. The van der Waals surface area contributed by atoms with Gasteiger partial charge in [-0.25, -0.2) is 9.37 Å². The molecule has 0 amide bonds. The maximum Gasteiger partial charge on any atom is 0.139 e. The van der Waals surface area contributed by atoms with Crippen molar-refractivity contribution in [2.24, 2.45) is 5.73 Å². The molecule has 3 rings (SSSR count). The van der Waals surface area contributed by atoms with Gasteiger partial charge in [0.15, 0.2) is 0 Å². The summed E-state index contributed by atoms with van der Waals surface area (Å²) in [7, 11) is 1.64. The Hall–Kier alpha value is -2.40. The topological polar surface area (TPSA) is 52.5 Å². The number of benzene rings is 1. The van der Waals surface area contributed by atoms with Crippen LogP contribution in [-0.4, -0.2) is 16.5 Å². The van der Waals surface area contributed by atoms with Crippen molar-refractivity contribution >= 4 is 5.65 Å². The highest BCUT2D eigenvalue weighted by atomic mass is 19.1. The molecule has 0 unspecified atom stereocenters. The van der Waals surface area contributed by atoms with E-state index in [1.807, 2.05) is 25.1 Å². The number of fused-ring (bicyclic) bond motifs is 1. The molecule has 4 nitrogen and oxygen atoms in total. The summed E-state index contributed by atoms with van der Waals surface area (Å²) >= 11 is 0. The van der Waals surface area contributed by atoms with Gasteiger partial charge in [-0.15, -0.1) is 0 Å². The van der Waals surface area contributed by atoms with E-state index in [4.69, 9.17) is 10.5 Å². The largest absolute Gasteiger partial charge is 0.496 e. The number of aryl methyl sites for hydroxylation is 1. The Bertz CT molecular complexity index is 811. The van der Waals surface area contributed by atoms with Crippen LogP contribution in [-0.2, 0) is 6.54 Å². The van der Waals surface area contributed by atoms with E-state index < -0.39 is 0 Å². The van der Waals surface area contributed by atoms with Crippen molar-refractivity contribution in [3.8, 4) is 17.0 Å². The van der Waals surface area contributed by atoms with Gasteiger partial charge in [0, 0.05) is 18.3 Å². The number of nitrogens with two attached hydrogens (primary N) is 1. The first-order chi connectivity index (χ1) is 10.1. The monoisotopic (exact) mass is 285 g/mol. The van der Waals surface area contributed by atoms with Crippen molar-refractivity contribution in [2.45, 2.75) is 13.5 Å². The maximum atomic E-state index is 13.4. The second kappa shape index (κ2) is 5.18. The van der Waals surface area contributed by atoms with Gasteiger partial charge in [-0.1, -0.05) is 0 Å². The zero-order valence-electron chi connectivity index (χ0n) is 11.9. The molecule has 0 aliphatic rings. The number of halogens is 1. The van der Waals surface area contributed by atoms with Gasteiger partial charge in [-0.2, -0.15) is 0 Å². The molecule has 2 heterocycles. The summed E-state index contributed by atoms with van der Waals surface area (Å²) in [6.07, 6.45) is 1.41. The minimum Gasteiger partial charge on any atom is -0.496 e. The van der Waals surface area contributed by atoms with Gasteiger partial charge >= 0.3 is 0 Å². The average molecular weight is 285 g/mol.